The van der Waals surface area contributed by atoms with Crippen LogP contribution in [0.2, 0.25) is 0 Å². The summed E-state index contributed by atoms with van der Waals surface area (Å²) in [4.78, 5) is 17.0. The first-order chi connectivity index (χ1) is 12.9. The highest BCUT2D eigenvalue weighted by molar-refractivity contribution is 5.64. The summed E-state index contributed by atoms with van der Waals surface area (Å²) in [6, 6.07) is 9.50. The van der Waals surface area contributed by atoms with Crippen LogP contribution >= 0.6 is 0 Å². The maximum atomic E-state index is 13.5. The molecule has 4 rings (SSSR count). The SMILES string of the molecule is Cc1nn(CCc2cc(=O)n3[nH]c(-c4cccc(F)c4)cc3n2)c(C)c1C. The van der Waals surface area contributed by atoms with Gasteiger partial charge in [0.15, 0.2) is 5.65 Å². The van der Waals surface area contributed by atoms with Crippen LogP contribution in [0.4, 0.5) is 4.39 Å². The fraction of sp³-hybridized carbons (Fsp3) is 0.250. The fourth-order valence-corrected chi connectivity index (χ4v) is 3.20. The molecule has 138 valence electrons. The minimum Gasteiger partial charge on any atom is -0.289 e. The molecule has 6 nitrogen and oxygen atoms in total. The molecule has 1 N–H and O–H groups in total. The summed E-state index contributed by atoms with van der Waals surface area (Å²) in [7, 11) is 0. The van der Waals surface area contributed by atoms with E-state index >= 15 is 0 Å². The molecule has 0 aliphatic rings. The van der Waals surface area contributed by atoms with Gasteiger partial charge < -0.3 is 0 Å². The van der Waals surface area contributed by atoms with E-state index < -0.39 is 0 Å². The van der Waals surface area contributed by atoms with Crippen molar-refractivity contribution >= 4 is 5.65 Å². The Bertz CT molecular complexity index is 1200. The summed E-state index contributed by atoms with van der Waals surface area (Å²) >= 11 is 0. The van der Waals surface area contributed by atoms with Crippen LogP contribution in [0.1, 0.15) is 22.6 Å². The number of nitrogens with zero attached hydrogens (tertiary/aromatic N) is 4. The molecule has 3 heterocycles. The molecule has 0 fully saturated rings. The second-order valence-electron chi connectivity index (χ2n) is 6.73. The van der Waals surface area contributed by atoms with Crippen LogP contribution in [0.25, 0.3) is 16.9 Å². The van der Waals surface area contributed by atoms with Gasteiger partial charge in [-0.1, -0.05) is 12.1 Å². The van der Waals surface area contributed by atoms with E-state index in [0.29, 0.717) is 35.6 Å². The van der Waals surface area contributed by atoms with Crippen molar-refractivity contribution in [2.24, 2.45) is 0 Å². The Morgan fingerprint density at radius 3 is 2.67 bits per heavy atom. The molecule has 0 radical (unpaired) electrons. The van der Waals surface area contributed by atoms with Crippen LogP contribution in [-0.2, 0) is 13.0 Å². The summed E-state index contributed by atoms with van der Waals surface area (Å²) in [6.45, 7) is 6.74. The van der Waals surface area contributed by atoms with E-state index in [2.05, 4.69) is 22.1 Å². The number of aromatic amines is 1. The third kappa shape index (κ3) is 3.16. The lowest BCUT2D eigenvalue weighted by atomic mass is 10.1. The van der Waals surface area contributed by atoms with Crippen molar-refractivity contribution in [1.29, 1.82) is 0 Å². The minimum atomic E-state index is -0.327. The standard InChI is InChI=1S/C20H20FN5O/c1-12-13(2)23-25(14(12)3)8-7-17-10-20(27)26-19(22-17)11-18(24-26)15-5-4-6-16(21)9-15/h4-6,9-11,24H,7-8H2,1-3H3. The van der Waals surface area contributed by atoms with Crippen LogP contribution in [0.15, 0.2) is 41.2 Å². The maximum Gasteiger partial charge on any atom is 0.272 e. The van der Waals surface area contributed by atoms with Crippen molar-refractivity contribution in [3.63, 3.8) is 0 Å². The molecule has 7 heteroatoms. The molecule has 0 aliphatic carbocycles. The summed E-state index contributed by atoms with van der Waals surface area (Å²) in [5.41, 5.74) is 5.66. The van der Waals surface area contributed by atoms with Gasteiger partial charge in [0, 0.05) is 36.4 Å². The third-order valence-corrected chi connectivity index (χ3v) is 4.96. The topological polar surface area (TPSA) is 68.0 Å². The normalized spacial score (nSPS) is 11.4. The van der Waals surface area contributed by atoms with Gasteiger partial charge in [-0.05, 0) is 38.5 Å². The average molecular weight is 365 g/mol. The van der Waals surface area contributed by atoms with Gasteiger partial charge >= 0.3 is 0 Å². The Kier molecular flexibility index (Phi) is 4.14. The maximum absolute atomic E-state index is 13.5. The van der Waals surface area contributed by atoms with Crippen LogP contribution < -0.4 is 5.56 Å². The lowest BCUT2D eigenvalue weighted by Crippen LogP contribution is -2.16. The van der Waals surface area contributed by atoms with Gasteiger partial charge in [-0.2, -0.15) is 5.10 Å². The number of nitrogens with one attached hydrogen (secondary N) is 1. The van der Waals surface area contributed by atoms with Crippen molar-refractivity contribution in [3.8, 4) is 11.3 Å². The highest BCUT2D eigenvalue weighted by Crippen LogP contribution is 2.19. The molecule has 0 unspecified atom stereocenters. The number of fused-ring (bicyclic) bond motifs is 1. The number of rotatable bonds is 4. The zero-order valence-corrected chi connectivity index (χ0v) is 15.5. The van der Waals surface area contributed by atoms with Gasteiger partial charge in [0.05, 0.1) is 17.1 Å². The van der Waals surface area contributed by atoms with E-state index in [1.54, 1.807) is 18.2 Å². The molecule has 0 amide bonds. The van der Waals surface area contributed by atoms with E-state index in [-0.39, 0.29) is 11.4 Å². The van der Waals surface area contributed by atoms with Gasteiger partial charge in [0.25, 0.3) is 5.56 Å². The molecule has 3 aromatic heterocycles. The zero-order chi connectivity index (χ0) is 19.1. The quantitative estimate of drug-likeness (QED) is 0.604. The minimum absolute atomic E-state index is 0.192. The van der Waals surface area contributed by atoms with Crippen molar-refractivity contribution in [2.45, 2.75) is 33.7 Å². The first-order valence-corrected chi connectivity index (χ1v) is 8.80. The number of benzene rings is 1. The number of aromatic nitrogens is 5. The Morgan fingerprint density at radius 1 is 1.15 bits per heavy atom. The lowest BCUT2D eigenvalue weighted by molar-refractivity contribution is 0.587. The molecule has 0 bridgehead atoms. The second-order valence-corrected chi connectivity index (χ2v) is 6.73. The number of halogens is 1. The Morgan fingerprint density at radius 2 is 1.96 bits per heavy atom. The molecule has 27 heavy (non-hydrogen) atoms. The highest BCUT2D eigenvalue weighted by atomic mass is 19.1. The molecule has 4 aromatic rings. The smallest absolute Gasteiger partial charge is 0.272 e. The molecule has 0 aliphatic heterocycles. The first kappa shape index (κ1) is 17.2. The van der Waals surface area contributed by atoms with E-state index in [1.807, 2.05) is 18.5 Å². The Labute approximate surface area is 155 Å². The molecule has 0 saturated heterocycles. The third-order valence-electron chi connectivity index (χ3n) is 4.96. The van der Waals surface area contributed by atoms with Gasteiger partial charge in [0.1, 0.15) is 5.82 Å². The number of H-pyrrole nitrogens is 1. The molecular formula is C20H20FN5O. The van der Waals surface area contributed by atoms with E-state index in [9.17, 15) is 9.18 Å². The van der Waals surface area contributed by atoms with Crippen molar-refractivity contribution < 1.29 is 4.39 Å². The van der Waals surface area contributed by atoms with Crippen molar-refractivity contribution in [2.75, 3.05) is 0 Å². The Hall–Kier alpha value is -3.22. The summed E-state index contributed by atoms with van der Waals surface area (Å²) in [5.74, 6) is -0.327. The van der Waals surface area contributed by atoms with Gasteiger partial charge in [-0.3, -0.25) is 14.6 Å². The number of hydrogen-bond acceptors (Lipinski definition) is 3. The predicted octanol–water partition coefficient (Wildman–Crippen LogP) is 3.19. The van der Waals surface area contributed by atoms with Crippen LogP contribution in [0.3, 0.4) is 0 Å². The predicted molar refractivity (Wildman–Crippen MR) is 101 cm³/mol. The van der Waals surface area contributed by atoms with Crippen LogP contribution in [0, 0.1) is 26.6 Å². The van der Waals surface area contributed by atoms with Gasteiger partial charge in [-0.25, -0.2) is 13.9 Å². The fourth-order valence-electron chi connectivity index (χ4n) is 3.20. The van der Waals surface area contributed by atoms with E-state index in [0.717, 1.165) is 11.4 Å². The molecular weight excluding hydrogens is 345 g/mol. The van der Waals surface area contributed by atoms with Gasteiger partial charge in [0.2, 0.25) is 0 Å². The monoisotopic (exact) mass is 365 g/mol. The van der Waals surface area contributed by atoms with Crippen molar-refractivity contribution in [1.82, 2.24) is 24.4 Å². The second kappa shape index (κ2) is 6.50. The Balaban J connectivity index is 1.65. The lowest BCUT2D eigenvalue weighted by Gasteiger charge is -2.04. The zero-order valence-electron chi connectivity index (χ0n) is 15.5. The first-order valence-electron chi connectivity index (χ1n) is 8.80. The number of hydrogen-bond donors (Lipinski definition) is 1. The van der Waals surface area contributed by atoms with Crippen LogP contribution in [0.5, 0.6) is 0 Å². The largest absolute Gasteiger partial charge is 0.289 e. The summed E-state index contributed by atoms with van der Waals surface area (Å²) in [5, 5.41) is 7.51. The van der Waals surface area contributed by atoms with Crippen LogP contribution in [-0.4, -0.2) is 24.4 Å². The van der Waals surface area contributed by atoms with Crippen molar-refractivity contribution in [3.05, 3.63) is 75.2 Å². The molecule has 0 spiro atoms. The highest BCUT2D eigenvalue weighted by Gasteiger charge is 2.11. The molecule has 1 aromatic carbocycles. The van der Waals surface area contributed by atoms with E-state index in [1.165, 1.54) is 28.3 Å². The van der Waals surface area contributed by atoms with Gasteiger partial charge in [-0.15, -0.1) is 0 Å². The van der Waals surface area contributed by atoms with E-state index in [4.69, 9.17) is 0 Å². The summed E-state index contributed by atoms with van der Waals surface area (Å²) < 4.78 is 16.8. The number of aryl methyl sites for hydroxylation is 3. The average Bonchev–Trinajstić information content (AvgIpc) is 3.17. The molecule has 0 atom stereocenters. The molecule has 0 saturated carbocycles. The summed E-state index contributed by atoms with van der Waals surface area (Å²) in [6.07, 6.45) is 0.605.